The van der Waals surface area contributed by atoms with Gasteiger partial charge >= 0.3 is 0 Å². The number of anilines is 1. The van der Waals surface area contributed by atoms with Gasteiger partial charge in [0.05, 0.1) is 11.3 Å². The Hall–Kier alpha value is -2.47. The van der Waals surface area contributed by atoms with E-state index >= 15 is 0 Å². The molecule has 5 nitrogen and oxygen atoms in total. The number of carbonyl (C=O) groups is 2. The summed E-state index contributed by atoms with van der Waals surface area (Å²) >= 11 is 1.35. The third-order valence-corrected chi connectivity index (χ3v) is 5.05. The third-order valence-electron chi connectivity index (χ3n) is 4.18. The highest BCUT2D eigenvalue weighted by atomic mass is 32.1. The lowest BCUT2D eigenvalue weighted by Gasteiger charge is -2.19. The quantitative estimate of drug-likeness (QED) is 0.633. The van der Waals surface area contributed by atoms with Gasteiger partial charge in [0.15, 0.2) is 0 Å². The maximum Gasteiger partial charge on any atom is 0.281 e. The van der Waals surface area contributed by atoms with Gasteiger partial charge in [-0.05, 0) is 61.2 Å². The minimum atomic E-state index is -0.258. The first-order chi connectivity index (χ1) is 12.1. The van der Waals surface area contributed by atoms with Crippen molar-refractivity contribution >= 4 is 34.6 Å². The van der Waals surface area contributed by atoms with Gasteiger partial charge in [0.25, 0.3) is 5.91 Å². The van der Waals surface area contributed by atoms with Crippen molar-refractivity contribution in [1.82, 2.24) is 5.43 Å². The number of thiophene rings is 1. The van der Waals surface area contributed by atoms with E-state index in [1.54, 1.807) is 13.0 Å². The van der Waals surface area contributed by atoms with Crippen molar-refractivity contribution in [2.45, 2.75) is 39.0 Å². The van der Waals surface area contributed by atoms with Gasteiger partial charge in [-0.3, -0.25) is 9.59 Å². The van der Waals surface area contributed by atoms with Crippen molar-refractivity contribution in [2.24, 2.45) is 5.10 Å². The van der Waals surface area contributed by atoms with E-state index in [1.165, 1.54) is 28.9 Å². The topological polar surface area (TPSA) is 70.6 Å². The van der Waals surface area contributed by atoms with Crippen LogP contribution in [0.1, 0.15) is 47.0 Å². The standard InChI is InChI=1S/C19H21N3O2S/c1-13(21-22-19(24)17-10-5-11-25-17)12-18(23)20-16-9-4-7-14-6-2-3-8-15(14)16/h4-5,7,9-11H,2-3,6,8,12H2,1H3,(H,20,23)(H,22,24). The molecule has 0 saturated heterocycles. The molecular weight excluding hydrogens is 334 g/mol. The number of aryl methyl sites for hydroxylation is 1. The molecule has 130 valence electrons. The normalized spacial score (nSPS) is 13.9. The highest BCUT2D eigenvalue weighted by Gasteiger charge is 2.15. The average Bonchev–Trinajstić information content (AvgIpc) is 3.15. The first kappa shape index (κ1) is 17.4. The number of amides is 2. The number of benzene rings is 1. The van der Waals surface area contributed by atoms with Crippen LogP contribution in [-0.2, 0) is 17.6 Å². The maximum absolute atomic E-state index is 12.3. The van der Waals surface area contributed by atoms with Crippen molar-refractivity contribution in [2.75, 3.05) is 5.32 Å². The molecule has 0 fully saturated rings. The summed E-state index contributed by atoms with van der Waals surface area (Å²) in [6.07, 6.45) is 4.60. The molecule has 2 amide bonds. The smallest absolute Gasteiger partial charge is 0.281 e. The van der Waals surface area contributed by atoms with Crippen molar-refractivity contribution < 1.29 is 9.59 Å². The number of hydrazone groups is 1. The van der Waals surface area contributed by atoms with Crippen molar-refractivity contribution in [3.05, 3.63) is 51.7 Å². The molecule has 6 heteroatoms. The second-order valence-corrected chi connectivity index (χ2v) is 7.09. The first-order valence-corrected chi connectivity index (χ1v) is 9.29. The maximum atomic E-state index is 12.3. The van der Waals surface area contributed by atoms with Crippen molar-refractivity contribution in [3.8, 4) is 0 Å². The molecule has 0 spiro atoms. The Morgan fingerprint density at radius 3 is 2.80 bits per heavy atom. The van der Waals surface area contributed by atoms with Crippen LogP contribution in [0.25, 0.3) is 0 Å². The van der Waals surface area contributed by atoms with E-state index in [0.29, 0.717) is 10.6 Å². The lowest BCUT2D eigenvalue weighted by Crippen LogP contribution is -2.21. The van der Waals surface area contributed by atoms with Gasteiger partial charge in [-0.25, -0.2) is 5.43 Å². The zero-order chi connectivity index (χ0) is 17.6. The Labute approximate surface area is 151 Å². The van der Waals surface area contributed by atoms with Crippen LogP contribution < -0.4 is 10.7 Å². The highest BCUT2D eigenvalue weighted by Crippen LogP contribution is 2.27. The van der Waals surface area contributed by atoms with E-state index in [0.717, 1.165) is 24.9 Å². The summed E-state index contributed by atoms with van der Waals surface area (Å²) in [5, 5.41) is 8.83. The van der Waals surface area contributed by atoms with Crippen LogP contribution in [0.15, 0.2) is 40.8 Å². The first-order valence-electron chi connectivity index (χ1n) is 8.41. The van der Waals surface area contributed by atoms with Crippen LogP contribution in [-0.4, -0.2) is 17.5 Å². The Bertz CT molecular complexity index is 797. The van der Waals surface area contributed by atoms with E-state index in [4.69, 9.17) is 0 Å². The largest absolute Gasteiger partial charge is 0.325 e. The molecule has 1 aromatic carbocycles. The Balaban J connectivity index is 1.57. The fourth-order valence-electron chi connectivity index (χ4n) is 2.97. The average molecular weight is 355 g/mol. The number of hydrogen-bond donors (Lipinski definition) is 2. The van der Waals surface area contributed by atoms with Crippen LogP contribution in [0.4, 0.5) is 5.69 Å². The molecule has 2 N–H and O–H groups in total. The summed E-state index contributed by atoms with van der Waals surface area (Å²) < 4.78 is 0. The van der Waals surface area contributed by atoms with Crippen LogP contribution in [0.3, 0.4) is 0 Å². The molecule has 0 radical (unpaired) electrons. The van der Waals surface area contributed by atoms with Gasteiger partial charge < -0.3 is 5.32 Å². The van der Waals surface area contributed by atoms with Crippen molar-refractivity contribution in [1.29, 1.82) is 0 Å². The summed E-state index contributed by atoms with van der Waals surface area (Å²) in [6.45, 7) is 1.73. The molecule has 0 atom stereocenters. The molecule has 3 rings (SSSR count). The van der Waals surface area contributed by atoms with Gasteiger partial charge in [-0.2, -0.15) is 5.10 Å². The van der Waals surface area contributed by atoms with Crippen LogP contribution in [0.2, 0.25) is 0 Å². The molecule has 0 bridgehead atoms. The SMILES string of the molecule is CC(CC(=O)Nc1cccc2c1CCCC2)=NNC(=O)c1cccs1. The molecule has 2 aromatic rings. The van der Waals surface area contributed by atoms with Gasteiger partial charge in [-0.15, -0.1) is 11.3 Å². The fraction of sp³-hybridized carbons (Fsp3) is 0.316. The van der Waals surface area contributed by atoms with Crippen LogP contribution >= 0.6 is 11.3 Å². The lowest BCUT2D eigenvalue weighted by atomic mass is 9.90. The zero-order valence-corrected chi connectivity index (χ0v) is 15.0. The molecule has 1 heterocycles. The summed E-state index contributed by atoms with van der Waals surface area (Å²) in [5.41, 5.74) is 6.53. The molecule has 1 aromatic heterocycles. The van der Waals surface area contributed by atoms with E-state index in [2.05, 4.69) is 21.9 Å². The zero-order valence-electron chi connectivity index (χ0n) is 14.2. The molecule has 1 aliphatic rings. The predicted molar refractivity (Wildman–Crippen MR) is 101 cm³/mol. The number of hydrogen-bond acceptors (Lipinski definition) is 4. The molecular formula is C19H21N3O2S. The van der Waals surface area contributed by atoms with E-state index in [9.17, 15) is 9.59 Å². The second kappa shape index (κ2) is 8.07. The predicted octanol–water partition coefficient (Wildman–Crippen LogP) is 3.76. The van der Waals surface area contributed by atoms with Crippen LogP contribution in [0, 0.1) is 0 Å². The highest BCUT2D eigenvalue weighted by molar-refractivity contribution is 7.12. The van der Waals surface area contributed by atoms with Gasteiger partial charge in [0, 0.05) is 11.4 Å². The number of nitrogens with one attached hydrogen (secondary N) is 2. The summed E-state index contributed by atoms with van der Waals surface area (Å²) in [4.78, 5) is 24.7. The number of fused-ring (bicyclic) bond motifs is 1. The third kappa shape index (κ3) is 4.54. The van der Waals surface area contributed by atoms with Crippen LogP contribution in [0.5, 0.6) is 0 Å². The molecule has 1 aliphatic carbocycles. The molecule has 0 unspecified atom stereocenters. The molecule has 25 heavy (non-hydrogen) atoms. The van der Waals surface area contributed by atoms with E-state index in [1.807, 2.05) is 23.6 Å². The Morgan fingerprint density at radius 2 is 2.00 bits per heavy atom. The fourth-order valence-corrected chi connectivity index (χ4v) is 3.59. The molecule has 0 aliphatic heterocycles. The van der Waals surface area contributed by atoms with Gasteiger partial charge in [-0.1, -0.05) is 18.2 Å². The van der Waals surface area contributed by atoms with Gasteiger partial charge in [0.1, 0.15) is 0 Å². The lowest BCUT2D eigenvalue weighted by molar-refractivity contribution is -0.115. The summed E-state index contributed by atoms with van der Waals surface area (Å²) in [7, 11) is 0. The number of carbonyl (C=O) groups excluding carboxylic acids is 2. The Morgan fingerprint density at radius 1 is 1.16 bits per heavy atom. The minimum absolute atomic E-state index is 0.120. The minimum Gasteiger partial charge on any atom is -0.325 e. The van der Waals surface area contributed by atoms with Gasteiger partial charge in [0.2, 0.25) is 5.91 Å². The number of rotatable bonds is 5. The monoisotopic (exact) mass is 355 g/mol. The van der Waals surface area contributed by atoms with E-state index < -0.39 is 0 Å². The van der Waals surface area contributed by atoms with Crippen molar-refractivity contribution in [3.63, 3.8) is 0 Å². The number of nitrogens with zero attached hydrogens (tertiary/aromatic N) is 1. The molecule has 0 saturated carbocycles. The summed E-state index contributed by atoms with van der Waals surface area (Å²) in [6, 6.07) is 9.62. The second-order valence-electron chi connectivity index (χ2n) is 6.14. The summed E-state index contributed by atoms with van der Waals surface area (Å²) in [5.74, 6) is -0.377. The van der Waals surface area contributed by atoms with E-state index in [-0.39, 0.29) is 18.2 Å². The Kier molecular flexibility index (Phi) is 5.60.